The summed E-state index contributed by atoms with van der Waals surface area (Å²) in [5.74, 6) is -0.0326. The van der Waals surface area contributed by atoms with Gasteiger partial charge in [-0.25, -0.2) is 4.99 Å². The molecular formula is C23H16ClN5O3S3. The summed E-state index contributed by atoms with van der Waals surface area (Å²) in [6.45, 7) is 0. The summed E-state index contributed by atoms with van der Waals surface area (Å²) in [7, 11) is 1.52. The van der Waals surface area contributed by atoms with Crippen LogP contribution in [-0.4, -0.2) is 38.6 Å². The van der Waals surface area contributed by atoms with Crippen molar-refractivity contribution in [3.63, 3.8) is 0 Å². The Kier molecular flexibility index (Phi) is 6.82. The molecule has 1 N–H and O–H groups in total. The van der Waals surface area contributed by atoms with E-state index in [-0.39, 0.29) is 23.3 Å². The Morgan fingerprint density at radius 1 is 1.23 bits per heavy atom. The summed E-state index contributed by atoms with van der Waals surface area (Å²) in [5.41, 5.74) is 2.75. The SMILES string of the molecule is COc1ccc(N2C(=O)C(=Cc3cccs3)N=C2SCC(=O)Nc2cccc3nsnc23)cc1Cl. The molecule has 12 heteroatoms. The van der Waals surface area contributed by atoms with Crippen LogP contribution in [-0.2, 0) is 9.59 Å². The summed E-state index contributed by atoms with van der Waals surface area (Å²) in [4.78, 5) is 33.0. The molecule has 8 nitrogen and oxygen atoms in total. The summed E-state index contributed by atoms with van der Waals surface area (Å²) in [5, 5.41) is 5.53. The Morgan fingerprint density at radius 2 is 2.11 bits per heavy atom. The van der Waals surface area contributed by atoms with E-state index in [9.17, 15) is 9.59 Å². The van der Waals surface area contributed by atoms with Crippen molar-refractivity contribution in [3.8, 4) is 5.75 Å². The third kappa shape index (κ3) is 4.94. The minimum atomic E-state index is -0.305. The number of halogens is 1. The Hall–Kier alpha value is -3.25. The van der Waals surface area contributed by atoms with Crippen molar-refractivity contribution in [2.45, 2.75) is 0 Å². The number of hydrogen-bond donors (Lipinski definition) is 1. The predicted molar refractivity (Wildman–Crippen MR) is 144 cm³/mol. The molecule has 0 saturated heterocycles. The number of carbonyl (C=O) groups is 2. The minimum Gasteiger partial charge on any atom is -0.495 e. The summed E-state index contributed by atoms with van der Waals surface area (Å²) in [6, 6.07) is 14.3. The molecule has 2 aromatic carbocycles. The second-order valence-corrected chi connectivity index (χ2v) is 10.0. The van der Waals surface area contributed by atoms with E-state index in [4.69, 9.17) is 16.3 Å². The molecule has 0 aliphatic carbocycles. The van der Waals surface area contributed by atoms with Gasteiger partial charge in [0.2, 0.25) is 5.91 Å². The Morgan fingerprint density at radius 3 is 2.89 bits per heavy atom. The summed E-state index contributed by atoms with van der Waals surface area (Å²) in [6.07, 6.45) is 1.73. The van der Waals surface area contributed by atoms with E-state index in [1.807, 2.05) is 29.6 Å². The van der Waals surface area contributed by atoms with Crippen LogP contribution in [0.5, 0.6) is 5.75 Å². The van der Waals surface area contributed by atoms with E-state index in [1.165, 1.54) is 23.3 Å². The number of nitrogens with one attached hydrogen (secondary N) is 1. The van der Waals surface area contributed by atoms with Gasteiger partial charge in [-0.15, -0.1) is 11.3 Å². The molecule has 5 rings (SSSR count). The third-order valence-corrected chi connectivity index (χ3v) is 7.53. The zero-order chi connectivity index (χ0) is 24.4. The topological polar surface area (TPSA) is 96.8 Å². The Labute approximate surface area is 217 Å². The van der Waals surface area contributed by atoms with Gasteiger partial charge in [-0.2, -0.15) is 8.75 Å². The number of benzene rings is 2. The highest BCUT2D eigenvalue weighted by Crippen LogP contribution is 2.34. The molecule has 1 aliphatic heterocycles. The third-order valence-electron chi connectivity index (χ3n) is 4.94. The molecule has 0 radical (unpaired) electrons. The number of rotatable bonds is 6. The molecule has 0 fully saturated rings. The van der Waals surface area contributed by atoms with Gasteiger partial charge in [0.15, 0.2) is 5.17 Å². The molecule has 3 heterocycles. The Balaban J connectivity index is 1.39. The maximum absolute atomic E-state index is 13.3. The Bertz CT molecular complexity index is 1480. The van der Waals surface area contributed by atoms with Crippen molar-refractivity contribution in [2.24, 2.45) is 4.99 Å². The number of aliphatic imine (C=N–C) groups is 1. The lowest BCUT2D eigenvalue weighted by Crippen LogP contribution is -2.31. The number of thiophene rings is 1. The van der Waals surface area contributed by atoms with Crippen LogP contribution in [0.1, 0.15) is 4.88 Å². The van der Waals surface area contributed by atoms with Crippen LogP contribution < -0.4 is 15.0 Å². The molecule has 1 aliphatic rings. The number of ether oxygens (including phenoxy) is 1. The molecule has 4 aromatic rings. The molecule has 0 bridgehead atoms. The van der Waals surface area contributed by atoms with E-state index in [0.29, 0.717) is 32.8 Å². The number of thioether (sulfide) groups is 1. The first-order chi connectivity index (χ1) is 17.0. The maximum Gasteiger partial charge on any atom is 0.283 e. The van der Waals surface area contributed by atoms with Gasteiger partial charge in [0, 0.05) is 4.88 Å². The molecule has 2 amide bonds. The highest BCUT2D eigenvalue weighted by molar-refractivity contribution is 8.14. The smallest absolute Gasteiger partial charge is 0.283 e. The van der Waals surface area contributed by atoms with Gasteiger partial charge in [-0.3, -0.25) is 14.5 Å². The van der Waals surface area contributed by atoms with Crippen LogP contribution in [0.4, 0.5) is 11.4 Å². The van der Waals surface area contributed by atoms with E-state index < -0.39 is 0 Å². The van der Waals surface area contributed by atoms with Gasteiger partial charge in [0.1, 0.15) is 22.5 Å². The number of aromatic nitrogens is 2. The standard InChI is InChI=1S/C23H16ClN5O3S3/c1-32-19-8-7-13(10-15(19)24)29-22(31)18(11-14-4-3-9-33-14)26-23(29)34-12-20(30)25-16-5-2-6-17-21(16)28-35-27-17/h2-11H,12H2,1H3,(H,25,30). The van der Waals surface area contributed by atoms with Crippen LogP contribution >= 0.6 is 46.4 Å². The lowest BCUT2D eigenvalue weighted by Gasteiger charge is -2.18. The first kappa shape index (κ1) is 23.5. The molecule has 35 heavy (non-hydrogen) atoms. The van der Waals surface area contributed by atoms with Crippen molar-refractivity contribution in [3.05, 3.63) is 69.5 Å². The molecule has 0 spiro atoms. The van der Waals surface area contributed by atoms with Crippen LogP contribution in [0.2, 0.25) is 5.02 Å². The lowest BCUT2D eigenvalue weighted by atomic mass is 10.2. The number of methoxy groups -OCH3 is 1. The number of nitrogens with zero attached hydrogens (tertiary/aromatic N) is 4. The first-order valence-electron chi connectivity index (χ1n) is 10.2. The largest absolute Gasteiger partial charge is 0.495 e. The number of hydrogen-bond acceptors (Lipinski definition) is 9. The fourth-order valence-corrected chi connectivity index (χ4v) is 5.61. The fourth-order valence-electron chi connectivity index (χ4n) is 3.35. The van der Waals surface area contributed by atoms with E-state index in [2.05, 4.69) is 19.1 Å². The lowest BCUT2D eigenvalue weighted by molar-refractivity contribution is -0.114. The molecule has 0 atom stereocenters. The van der Waals surface area contributed by atoms with E-state index in [0.717, 1.165) is 33.9 Å². The number of fused-ring (bicyclic) bond motifs is 1. The molecule has 176 valence electrons. The second-order valence-electron chi connectivity index (χ2n) is 7.17. The number of amidine groups is 1. The zero-order valence-electron chi connectivity index (χ0n) is 18.1. The van der Waals surface area contributed by atoms with Crippen molar-refractivity contribution < 1.29 is 14.3 Å². The molecular weight excluding hydrogens is 526 g/mol. The van der Waals surface area contributed by atoms with Gasteiger partial charge in [-0.1, -0.05) is 35.5 Å². The van der Waals surface area contributed by atoms with Crippen LogP contribution in [0.3, 0.4) is 0 Å². The van der Waals surface area contributed by atoms with Crippen LogP contribution in [0.25, 0.3) is 17.1 Å². The van der Waals surface area contributed by atoms with E-state index >= 15 is 0 Å². The quantitative estimate of drug-likeness (QED) is 0.322. The average molecular weight is 542 g/mol. The predicted octanol–water partition coefficient (Wildman–Crippen LogP) is 5.53. The van der Waals surface area contributed by atoms with Gasteiger partial charge < -0.3 is 10.1 Å². The average Bonchev–Trinajstić information content (AvgIpc) is 3.60. The fraction of sp³-hybridized carbons (Fsp3) is 0.0870. The van der Waals surface area contributed by atoms with Crippen molar-refractivity contribution >= 4 is 91.9 Å². The molecule has 0 saturated carbocycles. The van der Waals surface area contributed by atoms with Gasteiger partial charge in [0.25, 0.3) is 5.91 Å². The van der Waals surface area contributed by atoms with Crippen molar-refractivity contribution in [1.29, 1.82) is 0 Å². The van der Waals surface area contributed by atoms with Gasteiger partial charge >= 0.3 is 0 Å². The second kappa shape index (κ2) is 10.2. The highest BCUT2D eigenvalue weighted by Gasteiger charge is 2.33. The number of amides is 2. The summed E-state index contributed by atoms with van der Waals surface area (Å²) >= 11 is 10.1. The number of carbonyl (C=O) groups excluding carboxylic acids is 2. The maximum atomic E-state index is 13.3. The van der Waals surface area contributed by atoms with Gasteiger partial charge in [0.05, 0.1) is 41.0 Å². The molecule has 2 aromatic heterocycles. The first-order valence-corrected chi connectivity index (χ1v) is 13.2. The van der Waals surface area contributed by atoms with Crippen LogP contribution in [0.15, 0.2) is 64.6 Å². The number of anilines is 2. The highest BCUT2D eigenvalue weighted by atomic mass is 35.5. The van der Waals surface area contributed by atoms with Gasteiger partial charge in [-0.05, 0) is 47.9 Å². The monoisotopic (exact) mass is 541 g/mol. The van der Waals surface area contributed by atoms with Crippen molar-refractivity contribution in [1.82, 2.24) is 8.75 Å². The normalized spacial score (nSPS) is 14.6. The van der Waals surface area contributed by atoms with Crippen molar-refractivity contribution in [2.75, 3.05) is 23.1 Å². The van der Waals surface area contributed by atoms with E-state index in [1.54, 1.807) is 30.3 Å². The minimum absolute atomic E-state index is 0.0345. The zero-order valence-corrected chi connectivity index (χ0v) is 21.3. The van der Waals surface area contributed by atoms with Crippen LogP contribution in [0, 0.1) is 0 Å². The summed E-state index contributed by atoms with van der Waals surface area (Å²) < 4.78 is 13.7. The molecule has 0 unspecified atom stereocenters.